The van der Waals surface area contributed by atoms with Crippen molar-refractivity contribution in [2.24, 2.45) is 10.7 Å². The van der Waals surface area contributed by atoms with Gasteiger partial charge in [0, 0.05) is 18.6 Å². The maximum atomic E-state index is 5.31. The van der Waals surface area contributed by atoms with Crippen molar-refractivity contribution in [3.05, 3.63) is 12.4 Å². The van der Waals surface area contributed by atoms with E-state index >= 15 is 0 Å². The van der Waals surface area contributed by atoms with E-state index in [9.17, 15) is 0 Å². The standard InChI is InChI=1S/C5H7N3S/c6-5(9)8-3-1-7-2-4-8/h1-3H,4H2,(H2,6,9). The van der Waals surface area contributed by atoms with Crippen molar-refractivity contribution in [1.82, 2.24) is 4.90 Å². The van der Waals surface area contributed by atoms with Crippen LogP contribution in [0.2, 0.25) is 0 Å². The molecule has 1 aliphatic rings. The first kappa shape index (κ1) is 6.22. The average Bonchev–Trinajstić information content (AvgIpc) is 1.90. The second kappa shape index (κ2) is 2.59. The van der Waals surface area contributed by atoms with E-state index in [4.69, 9.17) is 18.0 Å². The van der Waals surface area contributed by atoms with Gasteiger partial charge in [-0.25, -0.2) is 0 Å². The van der Waals surface area contributed by atoms with Gasteiger partial charge >= 0.3 is 0 Å². The largest absolute Gasteiger partial charge is 0.376 e. The van der Waals surface area contributed by atoms with E-state index in [1.165, 1.54) is 0 Å². The number of nitrogens with zero attached hydrogens (tertiary/aromatic N) is 2. The third-order valence-corrected chi connectivity index (χ3v) is 1.23. The third-order valence-electron chi connectivity index (χ3n) is 1.000. The molecule has 9 heavy (non-hydrogen) atoms. The van der Waals surface area contributed by atoms with Crippen molar-refractivity contribution in [1.29, 1.82) is 0 Å². The summed E-state index contributed by atoms with van der Waals surface area (Å²) in [5.74, 6) is 0. The Labute approximate surface area is 58.9 Å². The van der Waals surface area contributed by atoms with E-state index in [0.29, 0.717) is 11.7 Å². The van der Waals surface area contributed by atoms with Gasteiger partial charge in [-0.15, -0.1) is 0 Å². The molecule has 1 heterocycles. The lowest BCUT2D eigenvalue weighted by Gasteiger charge is -2.16. The monoisotopic (exact) mass is 141 g/mol. The van der Waals surface area contributed by atoms with Crippen molar-refractivity contribution >= 4 is 23.5 Å². The van der Waals surface area contributed by atoms with Crippen LogP contribution >= 0.6 is 12.2 Å². The zero-order chi connectivity index (χ0) is 6.69. The average molecular weight is 141 g/mol. The number of nitrogens with two attached hydrogens (primary N) is 1. The summed E-state index contributed by atoms with van der Waals surface area (Å²) in [5, 5.41) is 0.386. The smallest absolute Gasteiger partial charge is 0.170 e. The van der Waals surface area contributed by atoms with Crippen LogP contribution in [0.4, 0.5) is 0 Å². The van der Waals surface area contributed by atoms with Crippen molar-refractivity contribution in [2.75, 3.05) is 6.54 Å². The molecule has 0 saturated carbocycles. The van der Waals surface area contributed by atoms with Gasteiger partial charge in [-0.3, -0.25) is 4.99 Å². The minimum atomic E-state index is 0.386. The van der Waals surface area contributed by atoms with Crippen LogP contribution in [-0.2, 0) is 0 Å². The molecule has 0 radical (unpaired) electrons. The zero-order valence-corrected chi connectivity index (χ0v) is 5.64. The Hall–Kier alpha value is -0.900. The molecule has 0 aromatic rings. The fourth-order valence-corrected chi connectivity index (χ4v) is 0.675. The molecule has 0 saturated heterocycles. The number of aliphatic imine (C=N–C) groups is 1. The second-order valence-corrected chi connectivity index (χ2v) is 2.04. The number of rotatable bonds is 0. The Morgan fingerprint density at radius 3 is 2.89 bits per heavy atom. The van der Waals surface area contributed by atoms with Gasteiger partial charge in [0.1, 0.15) is 0 Å². The van der Waals surface area contributed by atoms with E-state index in [2.05, 4.69) is 4.99 Å². The molecular weight excluding hydrogens is 134 g/mol. The number of hydrogen-bond donors (Lipinski definition) is 1. The molecule has 48 valence electrons. The van der Waals surface area contributed by atoms with Crippen LogP contribution in [0, 0.1) is 0 Å². The SMILES string of the molecule is NC(=S)N1C=CN=CC1. The summed E-state index contributed by atoms with van der Waals surface area (Å²) >= 11 is 4.71. The molecule has 0 atom stereocenters. The molecule has 0 fully saturated rings. The molecule has 4 heteroatoms. The van der Waals surface area contributed by atoms with E-state index in [1.807, 2.05) is 0 Å². The van der Waals surface area contributed by atoms with Crippen molar-refractivity contribution in [3.63, 3.8) is 0 Å². The van der Waals surface area contributed by atoms with Crippen LogP contribution in [0.25, 0.3) is 0 Å². The lowest BCUT2D eigenvalue weighted by Crippen LogP contribution is -2.33. The Balaban J connectivity index is 2.56. The van der Waals surface area contributed by atoms with Gasteiger partial charge in [0.15, 0.2) is 5.11 Å². The predicted octanol–water partition coefficient (Wildman–Crippen LogP) is 0.0876. The summed E-state index contributed by atoms with van der Waals surface area (Å²) in [4.78, 5) is 5.59. The van der Waals surface area contributed by atoms with Gasteiger partial charge in [0.25, 0.3) is 0 Å². The summed E-state index contributed by atoms with van der Waals surface area (Å²) in [6, 6.07) is 0. The Morgan fingerprint density at radius 1 is 1.78 bits per heavy atom. The van der Waals surface area contributed by atoms with Gasteiger partial charge in [-0.05, 0) is 12.2 Å². The molecule has 0 aliphatic carbocycles. The molecule has 0 aromatic heterocycles. The summed E-state index contributed by atoms with van der Waals surface area (Å²) in [6.07, 6.45) is 5.16. The lowest BCUT2D eigenvalue weighted by molar-refractivity contribution is 0.642. The first-order chi connectivity index (χ1) is 4.30. The number of hydrogen-bond acceptors (Lipinski definition) is 2. The maximum Gasteiger partial charge on any atom is 0.170 e. The quantitative estimate of drug-likeness (QED) is 0.486. The Bertz CT molecular complexity index is 173. The van der Waals surface area contributed by atoms with Gasteiger partial charge in [0.2, 0.25) is 0 Å². The second-order valence-electron chi connectivity index (χ2n) is 1.62. The van der Waals surface area contributed by atoms with E-state index in [-0.39, 0.29) is 0 Å². The van der Waals surface area contributed by atoms with Crippen LogP contribution in [0.15, 0.2) is 17.4 Å². The molecule has 1 aliphatic heterocycles. The molecule has 2 N–H and O–H groups in total. The molecule has 0 bridgehead atoms. The van der Waals surface area contributed by atoms with Crippen LogP contribution in [0.1, 0.15) is 0 Å². The van der Waals surface area contributed by atoms with Gasteiger partial charge in [-0.1, -0.05) is 0 Å². The fraction of sp³-hybridized carbons (Fsp3) is 0.200. The van der Waals surface area contributed by atoms with Crippen LogP contribution in [0.3, 0.4) is 0 Å². The van der Waals surface area contributed by atoms with Gasteiger partial charge in [0.05, 0.1) is 6.54 Å². The Morgan fingerprint density at radius 2 is 2.56 bits per heavy atom. The van der Waals surface area contributed by atoms with E-state index in [0.717, 1.165) is 0 Å². The molecule has 1 rings (SSSR count). The lowest BCUT2D eigenvalue weighted by atomic mass is 10.5. The molecular formula is C5H7N3S. The van der Waals surface area contributed by atoms with Crippen LogP contribution in [-0.4, -0.2) is 22.8 Å². The number of thiocarbonyl (C=S) groups is 1. The molecule has 0 aromatic carbocycles. The topological polar surface area (TPSA) is 41.6 Å². The molecule has 0 amide bonds. The third kappa shape index (κ3) is 1.50. The molecule has 3 nitrogen and oxygen atoms in total. The van der Waals surface area contributed by atoms with Gasteiger partial charge in [-0.2, -0.15) is 0 Å². The van der Waals surface area contributed by atoms with Crippen LogP contribution in [0.5, 0.6) is 0 Å². The minimum absolute atomic E-state index is 0.386. The highest BCUT2D eigenvalue weighted by Gasteiger charge is 2.00. The molecule has 0 spiro atoms. The summed E-state index contributed by atoms with van der Waals surface area (Å²) < 4.78 is 0. The van der Waals surface area contributed by atoms with E-state index < -0.39 is 0 Å². The first-order valence-electron chi connectivity index (χ1n) is 2.55. The normalized spacial score (nSPS) is 16.2. The Kier molecular flexibility index (Phi) is 1.79. The minimum Gasteiger partial charge on any atom is -0.376 e. The first-order valence-corrected chi connectivity index (χ1v) is 2.96. The van der Waals surface area contributed by atoms with E-state index in [1.54, 1.807) is 23.5 Å². The van der Waals surface area contributed by atoms with Crippen molar-refractivity contribution in [3.8, 4) is 0 Å². The summed E-state index contributed by atoms with van der Waals surface area (Å²) in [6.45, 7) is 0.686. The van der Waals surface area contributed by atoms with Gasteiger partial charge < -0.3 is 10.6 Å². The predicted molar refractivity (Wildman–Crippen MR) is 41.1 cm³/mol. The maximum absolute atomic E-state index is 5.31. The highest BCUT2D eigenvalue weighted by molar-refractivity contribution is 7.80. The van der Waals surface area contributed by atoms with Crippen molar-refractivity contribution < 1.29 is 0 Å². The summed E-state index contributed by atoms with van der Waals surface area (Å²) in [5.41, 5.74) is 5.31. The summed E-state index contributed by atoms with van der Waals surface area (Å²) in [7, 11) is 0. The zero-order valence-electron chi connectivity index (χ0n) is 4.82. The van der Waals surface area contributed by atoms with Crippen LogP contribution < -0.4 is 5.73 Å². The molecule has 0 unspecified atom stereocenters. The highest BCUT2D eigenvalue weighted by atomic mass is 32.1. The highest BCUT2D eigenvalue weighted by Crippen LogP contribution is 1.92. The van der Waals surface area contributed by atoms with Crippen molar-refractivity contribution in [2.45, 2.75) is 0 Å². The fourth-order valence-electron chi connectivity index (χ4n) is 0.539.